The van der Waals surface area contributed by atoms with Crippen molar-refractivity contribution in [1.82, 2.24) is 0 Å². The Morgan fingerprint density at radius 2 is 1.56 bits per heavy atom. The van der Waals surface area contributed by atoms with Gasteiger partial charge in [-0.2, -0.15) is 0 Å². The van der Waals surface area contributed by atoms with E-state index in [9.17, 15) is 0 Å². The van der Waals surface area contributed by atoms with Crippen molar-refractivity contribution >= 4 is 15.4 Å². The van der Waals surface area contributed by atoms with Crippen LogP contribution in [-0.2, 0) is 4.43 Å². The highest BCUT2D eigenvalue weighted by Crippen LogP contribution is 2.43. The first-order valence-electron chi connectivity index (χ1n) is 7.21. The summed E-state index contributed by atoms with van der Waals surface area (Å²) in [5.74, 6) is 0. The van der Waals surface area contributed by atoms with Gasteiger partial charge in [0.25, 0.3) is 0 Å². The molecule has 1 saturated heterocycles. The first kappa shape index (κ1) is 15.9. The van der Waals surface area contributed by atoms with Gasteiger partial charge in [0.1, 0.15) is 0 Å². The molecular weight excluding hydrogens is 252 g/mol. The van der Waals surface area contributed by atoms with Crippen LogP contribution in [0.25, 0.3) is 0 Å². The monoisotopic (exact) mass is 282 g/mol. The summed E-state index contributed by atoms with van der Waals surface area (Å²) in [5.41, 5.74) is 0.126. The highest BCUT2D eigenvalue weighted by atomic mass is 29.3. The maximum absolute atomic E-state index is 6.79. The maximum Gasteiger partial charge on any atom is 0.174 e. The van der Waals surface area contributed by atoms with E-state index in [2.05, 4.69) is 39.3 Å². The molecular formula is C15H30OSi2. The Morgan fingerprint density at radius 3 is 1.94 bits per heavy atom. The minimum Gasteiger partial charge on any atom is -0.415 e. The molecule has 0 bridgehead atoms. The van der Waals surface area contributed by atoms with Crippen LogP contribution in [0.2, 0.25) is 32.2 Å². The Bertz CT molecular complexity index is 296. The molecule has 0 aromatic rings. The van der Waals surface area contributed by atoms with Gasteiger partial charge in [-0.3, -0.25) is 0 Å². The van der Waals surface area contributed by atoms with Crippen LogP contribution >= 0.6 is 0 Å². The van der Waals surface area contributed by atoms with Gasteiger partial charge in [-0.05, 0) is 45.2 Å². The van der Waals surface area contributed by atoms with Gasteiger partial charge in [0.2, 0.25) is 0 Å². The fourth-order valence-corrected chi connectivity index (χ4v) is 9.79. The number of allylic oxidation sites excluding steroid dienone is 2. The third-order valence-electron chi connectivity index (χ3n) is 4.92. The van der Waals surface area contributed by atoms with E-state index in [1.54, 1.807) is 0 Å². The topological polar surface area (TPSA) is 9.23 Å². The summed E-state index contributed by atoms with van der Waals surface area (Å²) in [6, 6.07) is 1.43. The van der Waals surface area contributed by atoms with Gasteiger partial charge in [0, 0.05) is 0 Å². The van der Waals surface area contributed by atoms with Gasteiger partial charge in [-0.15, -0.1) is 13.2 Å². The van der Waals surface area contributed by atoms with Crippen LogP contribution in [0, 0.1) is 0 Å². The Labute approximate surface area is 115 Å². The Kier molecular flexibility index (Phi) is 5.21. The van der Waals surface area contributed by atoms with Crippen molar-refractivity contribution in [3.63, 3.8) is 0 Å². The van der Waals surface area contributed by atoms with Crippen LogP contribution in [0.1, 0.15) is 32.1 Å². The summed E-state index contributed by atoms with van der Waals surface area (Å²) in [6.07, 6.45) is 9.75. The van der Waals surface area contributed by atoms with Crippen LogP contribution in [0.15, 0.2) is 25.3 Å². The van der Waals surface area contributed by atoms with E-state index in [-0.39, 0.29) is 5.60 Å². The lowest BCUT2D eigenvalue weighted by Gasteiger charge is -2.52. The summed E-state index contributed by atoms with van der Waals surface area (Å²) >= 11 is 0. The summed E-state index contributed by atoms with van der Waals surface area (Å²) in [7, 11) is -2.60. The number of hydrogen-bond donors (Lipinski definition) is 0. The Morgan fingerprint density at radius 1 is 1.06 bits per heavy atom. The first-order chi connectivity index (χ1) is 8.29. The lowest BCUT2D eigenvalue weighted by atomic mass is 9.89. The molecule has 0 unspecified atom stereocenters. The predicted molar refractivity (Wildman–Crippen MR) is 87.1 cm³/mol. The average molecular weight is 283 g/mol. The van der Waals surface area contributed by atoms with Gasteiger partial charge >= 0.3 is 0 Å². The van der Waals surface area contributed by atoms with Crippen LogP contribution in [0.3, 0.4) is 0 Å². The molecule has 3 heteroatoms. The average Bonchev–Trinajstić information content (AvgIpc) is 2.29. The van der Waals surface area contributed by atoms with Crippen LogP contribution in [0.5, 0.6) is 0 Å². The summed E-state index contributed by atoms with van der Waals surface area (Å²) in [6.45, 7) is 17.6. The molecule has 1 rings (SSSR count). The van der Waals surface area contributed by atoms with E-state index in [4.69, 9.17) is 4.43 Å². The lowest BCUT2D eigenvalue weighted by Crippen LogP contribution is -2.65. The molecule has 1 fully saturated rings. The second-order valence-corrected chi connectivity index (χ2v) is 22.0. The molecule has 1 aliphatic rings. The fourth-order valence-electron chi connectivity index (χ4n) is 2.78. The molecule has 0 radical (unpaired) electrons. The normalized spacial score (nSPS) is 24.4. The van der Waals surface area contributed by atoms with Crippen LogP contribution < -0.4 is 0 Å². The van der Waals surface area contributed by atoms with Gasteiger partial charge in [-0.1, -0.05) is 31.3 Å². The number of rotatable bonds is 6. The first-order valence-corrected chi connectivity index (χ1v) is 14.3. The van der Waals surface area contributed by atoms with E-state index >= 15 is 0 Å². The molecule has 0 aliphatic carbocycles. The fraction of sp³-hybridized carbons (Fsp3) is 0.733. The van der Waals surface area contributed by atoms with Crippen molar-refractivity contribution in [2.24, 2.45) is 0 Å². The largest absolute Gasteiger partial charge is 0.415 e. The lowest BCUT2D eigenvalue weighted by molar-refractivity contribution is 0.0370. The van der Waals surface area contributed by atoms with Crippen molar-refractivity contribution in [1.29, 1.82) is 0 Å². The van der Waals surface area contributed by atoms with E-state index < -0.39 is 15.4 Å². The van der Waals surface area contributed by atoms with Gasteiger partial charge in [-0.25, -0.2) is 0 Å². The smallest absolute Gasteiger partial charge is 0.174 e. The molecule has 0 spiro atoms. The summed E-state index contributed by atoms with van der Waals surface area (Å²) in [5, 5.41) is 0. The molecule has 1 heterocycles. The Balaban J connectivity index is 2.85. The van der Waals surface area contributed by atoms with E-state index in [1.807, 2.05) is 12.2 Å². The zero-order chi connectivity index (χ0) is 13.9. The SMILES string of the molecule is C=CCCC1(CCC=C)CC[Si](C)(C)[Si](C)(C)O1. The minimum atomic E-state index is -1.48. The molecule has 0 atom stereocenters. The van der Waals surface area contributed by atoms with E-state index in [1.165, 1.54) is 12.5 Å². The molecule has 1 nitrogen and oxygen atoms in total. The van der Waals surface area contributed by atoms with Crippen molar-refractivity contribution < 1.29 is 4.43 Å². The second kappa shape index (κ2) is 5.89. The van der Waals surface area contributed by atoms with E-state index in [0.29, 0.717) is 0 Å². The maximum atomic E-state index is 6.79. The Hall–Kier alpha value is -0.126. The molecule has 104 valence electrons. The molecule has 0 saturated carbocycles. The van der Waals surface area contributed by atoms with Gasteiger partial charge in [0.15, 0.2) is 7.83 Å². The highest BCUT2D eigenvalue weighted by Gasteiger charge is 2.52. The standard InChI is InChI=1S/C15H30OSi2/c1-7-9-11-15(12-10-8-2)13-14-17(3,4)18(5,6)16-15/h7-8H,1-2,9-14H2,3-6H3. The number of hydrogen-bond acceptors (Lipinski definition) is 1. The van der Waals surface area contributed by atoms with E-state index in [0.717, 1.165) is 25.7 Å². The third-order valence-corrected chi connectivity index (χ3v) is 21.5. The zero-order valence-corrected chi connectivity index (χ0v) is 14.7. The third kappa shape index (κ3) is 3.46. The minimum absolute atomic E-state index is 0.126. The van der Waals surface area contributed by atoms with Crippen molar-refractivity contribution in [3.05, 3.63) is 25.3 Å². The summed E-state index contributed by atoms with van der Waals surface area (Å²) < 4.78 is 6.79. The molecule has 18 heavy (non-hydrogen) atoms. The van der Waals surface area contributed by atoms with Crippen LogP contribution in [0.4, 0.5) is 0 Å². The molecule has 0 aromatic carbocycles. The van der Waals surface area contributed by atoms with Crippen LogP contribution in [-0.4, -0.2) is 21.0 Å². The zero-order valence-electron chi connectivity index (χ0n) is 12.7. The van der Waals surface area contributed by atoms with Crippen molar-refractivity contribution in [2.75, 3.05) is 0 Å². The predicted octanol–water partition coefficient (Wildman–Crippen LogP) is 5.07. The van der Waals surface area contributed by atoms with Crippen molar-refractivity contribution in [2.45, 2.75) is 69.9 Å². The second-order valence-electron chi connectivity index (χ2n) is 6.83. The van der Waals surface area contributed by atoms with Crippen molar-refractivity contribution in [3.8, 4) is 0 Å². The molecule has 1 aliphatic heterocycles. The quantitative estimate of drug-likeness (QED) is 0.488. The van der Waals surface area contributed by atoms with Gasteiger partial charge < -0.3 is 4.43 Å². The highest BCUT2D eigenvalue weighted by molar-refractivity contribution is 7.38. The molecule has 0 N–H and O–H groups in total. The molecule has 0 aromatic heterocycles. The van der Waals surface area contributed by atoms with Gasteiger partial charge in [0.05, 0.1) is 13.2 Å². The molecule has 0 amide bonds. The summed E-state index contributed by atoms with van der Waals surface area (Å²) in [4.78, 5) is 0.